The van der Waals surface area contributed by atoms with Gasteiger partial charge in [-0.2, -0.15) is 0 Å². The first-order valence-corrected chi connectivity index (χ1v) is 7.08. The van der Waals surface area contributed by atoms with Gasteiger partial charge in [-0.15, -0.1) is 0 Å². The Morgan fingerprint density at radius 3 is 1.83 bits per heavy atom. The molecule has 10 atom stereocenters. The van der Waals surface area contributed by atoms with E-state index in [1.165, 1.54) is 0 Å². The van der Waals surface area contributed by atoms with Crippen LogP contribution in [0.3, 0.4) is 0 Å². The van der Waals surface area contributed by atoms with E-state index in [2.05, 4.69) is 0 Å². The molecule has 6 unspecified atom stereocenters. The molecule has 0 amide bonds. The minimum absolute atomic E-state index is 0.667. The van der Waals surface area contributed by atoms with Gasteiger partial charge in [0.2, 0.25) is 0 Å². The van der Waals surface area contributed by atoms with Crippen molar-refractivity contribution < 1.29 is 55.1 Å². The van der Waals surface area contributed by atoms with Crippen LogP contribution in [0.5, 0.6) is 0 Å². The molecule has 2 rings (SSSR count). The molecule has 0 radical (unpaired) electrons. The molecular weight excluding hydrogens is 320 g/mol. The van der Waals surface area contributed by atoms with E-state index in [-0.39, 0.29) is 0 Å². The summed E-state index contributed by atoms with van der Waals surface area (Å²) < 4.78 is 15.3. The van der Waals surface area contributed by atoms with Gasteiger partial charge in [-0.05, 0) is 0 Å². The van der Waals surface area contributed by atoms with E-state index in [9.17, 15) is 35.7 Å². The van der Waals surface area contributed by atoms with E-state index >= 15 is 0 Å². The molecule has 11 heteroatoms. The SMILES string of the molecule is OCC1O[C@@H](O[C@H]2C(O)C(O)C(O)O[C@H]2CO)C(O)C(O)[C@@H]1O. The van der Waals surface area contributed by atoms with Crippen LogP contribution in [0.4, 0.5) is 0 Å². The zero-order chi connectivity index (χ0) is 17.3. The van der Waals surface area contributed by atoms with Crippen molar-refractivity contribution in [3.63, 3.8) is 0 Å². The monoisotopic (exact) mass is 342 g/mol. The predicted octanol–water partition coefficient (Wildman–Crippen LogP) is -5.40. The fraction of sp³-hybridized carbons (Fsp3) is 1.00. The number of hydrogen-bond acceptors (Lipinski definition) is 11. The third-order valence-corrected chi connectivity index (χ3v) is 3.98. The van der Waals surface area contributed by atoms with E-state index in [0.29, 0.717) is 0 Å². The van der Waals surface area contributed by atoms with Crippen LogP contribution in [0.1, 0.15) is 0 Å². The lowest BCUT2D eigenvalue weighted by molar-refractivity contribution is -0.355. The molecule has 2 saturated heterocycles. The van der Waals surface area contributed by atoms with E-state index in [0.717, 1.165) is 0 Å². The van der Waals surface area contributed by atoms with Crippen molar-refractivity contribution in [3.05, 3.63) is 0 Å². The van der Waals surface area contributed by atoms with E-state index in [1.54, 1.807) is 0 Å². The Hall–Kier alpha value is -0.440. The molecule has 0 bridgehead atoms. The second kappa shape index (κ2) is 7.63. The largest absolute Gasteiger partial charge is 0.394 e. The van der Waals surface area contributed by atoms with Crippen molar-refractivity contribution >= 4 is 0 Å². The zero-order valence-corrected chi connectivity index (χ0v) is 12.0. The third kappa shape index (κ3) is 3.65. The maximum absolute atomic E-state index is 9.94. The van der Waals surface area contributed by atoms with Crippen LogP contribution in [-0.2, 0) is 14.2 Å². The first-order chi connectivity index (χ1) is 10.8. The van der Waals surface area contributed by atoms with Crippen LogP contribution in [0.25, 0.3) is 0 Å². The Morgan fingerprint density at radius 2 is 1.26 bits per heavy atom. The molecule has 11 nitrogen and oxygen atoms in total. The molecule has 23 heavy (non-hydrogen) atoms. The van der Waals surface area contributed by atoms with E-state index < -0.39 is 74.6 Å². The lowest BCUT2D eigenvalue weighted by Gasteiger charge is -2.45. The highest BCUT2D eigenvalue weighted by Gasteiger charge is 2.50. The van der Waals surface area contributed by atoms with Gasteiger partial charge in [0.15, 0.2) is 12.6 Å². The lowest BCUT2D eigenvalue weighted by atomic mass is 9.97. The first-order valence-electron chi connectivity index (χ1n) is 7.08. The van der Waals surface area contributed by atoms with Gasteiger partial charge in [0, 0.05) is 0 Å². The summed E-state index contributed by atoms with van der Waals surface area (Å²) in [6.45, 7) is -1.35. The third-order valence-electron chi connectivity index (χ3n) is 3.98. The predicted molar refractivity (Wildman–Crippen MR) is 68.6 cm³/mol. The molecule has 136 valence electrons. The Balaban J connectivity index is 2.11. The summed E-state index contributed by atoms with van der Waals surface area (Å²) in [6.07, 6.45) is -15.6. The number of aliphatic hydroxyl groups is 8. The summed E-state index contributed by atoms with van der Waals surface area (Å²) in [7, 11) is 0. The van der Waals surface area contributed by atoms with Crippen LogP contribution in [0.15, 0.2) is 0 Å². The Kier molecular flexibility index (Phi) is 6.27. The number of aliphatic hydroxyl groups excluding tert-OH is 8. The van der Waals surface area contributed by atoms with Gasteiger partial charge in [-0.25, -0.2) is 0 Å². The molecule has 0 aromatic heterocycles. The van der Waals surface area contributed by atoms with Crippen molar-refractivity contribution in [3.8, 4) is 0 Å². The summed E-state index contributed by atoms with van der Waals surface area (Å²) in [5.41, 5.74) is 0. The molecule has 0 saturated carbocycles. The highest BCUT2D eigenvalue weighted by molar-refractivity contribution is 4.93. The number of rotatable bonds is 4. The van der Waals surface area contributed by atoms with Crippen LogP contribution in [0.2, 0.25) is 0 Å². The lowest BCUT2D eigenvalue weighted by Crippen LogP contribution is -2.64. The minimum Gasteiger partial charge on any atom is -0.394 e. The second-order valence-electron chi connectivity index (χ2n) is 5.53. The van der Waals surface area contributed by atoms with Crippen LogP contribution >= 0.6 is 0 Å². The quantitative estimate of drug-likeness (QED) is 0.243. The summed E-state index contributed by atoms with van der Waals surface area (Å²) in [5, 5.41) is 76.5. The van der Waals surface area contributed by atoms with Gasteiger partial charge >= 0.3 is 0 Å². The maximum atomic E-state index is 9.94. The zero-order valence-electron chi connectivity index (χ0n) is 12.0. The van der Waals surface area contributed by atoms with Crippen LogP contribution in [-0.4, -0.2) is 115 Å². The van der Waals surface area contributed by atoms with Crippen molar-refractivity contribution in [2.75, 3.05) is 13.2 Å². The number of ether oxygens (including phenoxy) is 3. The van der Waals surface area contributed by atoms with Crippen LogP contribution in [0, 0.1) is 0 Å². The fourth-order valence-electron chi connectivity index (χ4n) is 2.57. The summed E-state index contributed by atoms with van der Waals surface area (Å²) in [6, 6.07) is 0. The molecule has 8 N–H and O–H groups in total. The van der Waals surface area contributed by atoms with Gasteiger partial charge in [0.05, 0.1) is 13.2 Å². The second-order valence-corrected chi connectivity index (χ2v) is 5.53. The standard InChI is InChI=1S/C12H22O11/c13-1-3-5(15)6(16)9(19)12(22-3)23-10-4(2-14)21-11(20)8(18)7(10)17/h3-20H,1-2H2/t3?,4-,5+,6?,7?,8?,9?,10+,11?,12-/m0/s1. The average Bonchev–Trinajstić information content (AvgIpc) is 2.55. The Labute approximate surface area is 130 Å². The van der Waals surface area contributed by atoms with Crippen molar-refractivity contribution in [2.24, 2.45) is 0 Å². The minimum atomic E-state index is -1.74. The first kappa shape index (κ1) is 18.9. The molecule has 0 spiro atoms. The van der Waals surface area contributed by atoms with Crippen molar-refractivity contribution in [2.45, 2.75) is 61.4 Å². The molecule has 2 heterocycles. The van der Waals surface area contributed by atoms with Gasteiger partial charge in [0.1, 0.15) is 48.8 Å². The Morgan fingerprint density at radius 1 is 0.652 bits per heavy atom. The van der Waals surface area contributed by atoms with Crippen LogP contribution < -0.4 is 0 Å². The molecular formula is C12H22O11. The summed E-state index contributed by atoms with van der Waals surface area (Å²) >= 11 is 0. The highest BCUT2D eigenvalue weighted by Crippen LogP contribution is 2.28. The van der Waals surface area contributed by atoms with Gasteiger partial charge in [-0.3, -0.25) is 0 Å². The number of hydrogen-bond donors (Lipinski definition) is 8. The smallest absolute Gasteiger partial charge is 0.187 e. The summed E-state index contributed by atoms with van der Waals surface area (Å²) in [4.78, 5) is 0. The maximum Gasteiger partial charge on any atom is 0.187 e. The molecule has 2 aliphatic heterocycles. The van der Waals surface area contributed by atoms with Gasteiger partial charge < -0.3 is 55.1 Å². The molecule has 2 aliphatic rings. The van der Waals surface area contributed by atoms with Crippen molar-refractivity contribution in [1.82, 2.24) is 0 Å². The highest BCUT2D eigenvalue weighted by atomic mass is 16.7. The molecule has 0 aromatic carbocycles. The fourth-order valence-corrected chi connectivity index (χ4v) is 2.57. The topological polar surface area (TPSA) is 190 Å². The van der Waals surface area contributed by atoms with Gasteiger partial charge in [0.25, 0.3) is 0 Å². The van der Waals surface area contributed by atoms with Crippen molar-refractivity contribution in [1.29, 1.82) is 0 Å². The normalized spacial score (nSPS) is 51.7. The van der Waals surface area contributed by atoms with E-state index in [1.807, 2.05) is 0 Å². The van der Waals surface area contributed by atoms with Gasteiger partial charge in [-0.1, -0.05) is 0 Å². The Bertz CT molecular complexity index is 378. The summed E-state index contributed by atoms with van der Waals surface area (Å²) in [5.74, 6) is 0. The van der Waals surface area contributed by atoms with E-state index in [4.69, 9.17) is 19.3 Å². The average molecular weight is 342 g/mol. The molecule has 0 aliphatic carbocycles. The molecule has 2 fully saturated rings. The molecule has 0 aromatic rings.